The van der Waals surface area contributed by atoms with Crippen LogP contribution < -0.4 is 0 Å². The SMILES string of the molecule is C=Cc1ccc(C=S)cc1. The van der Waals surface area contributed by atoms with Gasteiger partial charge in [-0.05, 0) is 11.1 Å². The highest BCUT2D eigenvalue weighted by Gasteiger charge is 1.85. The highest BCUT2D eigenvalue weighted by molar-refractivity contribution is 7.79. The van der Waals surface area contributed by atoms with Crippen molar-refractivity contribution >= 4 is 23.7 Å². The zero-order chi connectivity index (χ0) is 7.40. The molecule has 0 bridgehead atoms. The molecule has 1 aromatic rings. The number of hydrogen-bond donors (Lipinski definition) is 0. The molecule has 0 atom stereocenters. The van der Waals surface area contributed by atoms with Gasteiger partial charge in [-0.15, -0.1) is 0 Å². The first kappa shape index (κ1) is 7.16. The molecule has 0 aliphatic rings. The Morgan fingerprint density at radius 1 is 1.10 bits per heavy atom. The van der Waals surface area contributed by atoms with Crippen LogP contribution in [0.1, 0.15) is 11.1 Å². The lowest BCUT2D eigenvalue weighted by Gasteiger charge is -1.91. The van der Waals surface area contributed by atoms with Crippen LogP contribution in [0.5, 0.6) is 0 Å². The number of rotatable bonds is 2. The summed E-state index contributed by atoms with van der Waals surface area (Å²) in [7, 11) is 0. The molecule has 1 heteroatoms. The minimum absolute atomic E-state index is 1.07. The quantitative estimate of drug-likeness (QED) is 0.581. The molecule has 0 saturated heterocycles. The van der Waals surface area contributed by atoms with Crippen LogP contribution in [-0.2, 0) is 0 Å². The van der Waals surface area contributed by atoms with E-state index in [1.165, 1.54) is 0 Å². The summed E-state index contributed by atoms with van der Waals surface area (Å²) in [5.41, 5.74) is 2.20. The molecular formula is C9H8S. The zero-order valence-electron chi connectivity index (χ0n) is 5.58. The Labute approximate surface area is 66.2 Å². The van der Waals surface area contributed by atoms with Crippen LogP contribution in [-0.4, -0.2) is 5.37 Å². The van der Waals surface area contributed by atoms with Gasteiger partial charge in [0.05, 0.1) is 0 Å². The van der Waals surface area contributed by atoms with Gasteiger partial charge in [0.2, 0.25) is 0 Å². The Morgan fingerprint density at radius 2 is 1.60 bits per heavy atom. The molecule has 0 aromatic heterocycles. The summed E-state index contributed by atoms with van der Waals surface area (Å²) in [6, 6.07) is 7.93. The predicted octanol–water partition coefficient (Wildman–Crippen LogP) is 2.68. The smallest absolute Gasteiger partial charge is 0.00861 e. The third kappa shape index (κ3) is 1.52. The lowest BCUT2D eigenvalue weighted by molar-refractivity contribution is 1.65. The summed E-state index contributed by atoms with van der Waals surface area (Å²) in [5.74, 6) is 0. The van der Waals surface area contributed by atoms with Crippen molar-refractivity contribution in [2.75, 3.05) is 0 Å². The molecule has 0 fully saturated rings. The topological polar surface area (TPSA) is 0 Å². The van der Waals surface area contributed by atoms with E-state index >= 15 is 0 Å². The molecule has 0 aliphatic heterocycles. The van der Waals surface area contributed by atoms with E-state index in [1.54, 1.807) is 5.37 Å². The maximum Gasteiger partial charge on any atom is 0.00861 e. The van der Waals surface area contributed by atoms with Crippen LogP contribution in [0.25, 0.3) is 6.08 Å². The normalized spacial score (nSPS) is 8.80. The van der Waals surface area contributed by atoms with Gasteiger partial charge in [0.25, 0.3) is 0 Å². The van der Waals surface area contributed by atoms with Gasteiger partial charge in [-0.2, -0.15) is 0 Å². The molecule has 10 heavy (non-hydrogen) atoms. The summed E-state index contributed by atoms with van der Waals surface area (Å²) >= 11 is 4.75. The van der Waals surface area contributed by atoms with Crippen molar-refractivity contribution in [3.8, 4) is 0 Å². The van der Waals surface area contributed by atoms with Crippen molar-refractivity contribution in [1.82, 2.24) is 0 Å². The van der Waals surface area contributed by atoms with Gasteiger partial charge in [-0.3, -0.25) is 0 Å². The average molecular weight is 148 g/mol. The molecular weight excluding hydrogens is 140 g/mol. The van der Waals surface area contributed by atoms with Gasteiger partial charge in [-0.1, -0.05) is 49.1 Å². The molecule has 0 radical (unpaired) electrons. The van der Waals surface area contributed by atoms with Crippen LogP contribution in [0.4, 0.5) is 0 Å². The Hall–Kier alpha value is -0.950. The summed E-state index contributed by atoms with van der Waals surface area (Å²) < 4.78 is 0. The van der Waals surface area contributed by atoms with Crippen LogP contribution in [0.3, 0.4) is 0 Å². The fourth-order valence-corrected chi connectivity index (χ4v) is 0.868. The van der Waals surface area contributed by atoms with Crippen molar-refractivity contribution in [3.05, 3.63) is 42.0 Å². The standard InChI is InChI=1S/C9H8S/c1-2-8-3-5-9(7-10)6-4-8/h2-7H,1H2. The van der Waals surface area contributed by atoms with E-state index in [4.69, 9.17) is 12.2 Å². The first-order valence-electron chi connectivity index (χ1n) is 3.04. The molecule has 0 N–H and O–H groups in total. The van der Waals surface area contributed by atoms with Gasteiger partial charge in [0.1, 0.15) is 0 Å². The van der Waals surface area contributed by atoms with E-state index in [9.17, 15) is 0 Å². The second-order valence-electron chi connectivity index (χ2n) is 1.99. The van der Waals surface area contributed by atoms with Crippen molar-refractivity contribution < 1.29 is 0 Å². The Kier molecular flexibility index (Phi) is 2.35. The minimum Gasteiger partial charge on any atom is -0.0985 e. The number of hydrogen-bond acceptors (Lipinski definition) is 1. The van der Waals surface area contributed by atoms with Gasteiger partial charge in [-0.25, -0.2) is 0 Å². The second-order valence-corrected chi connectivity index (χ2v) is 2.22. The second kappa shape index (κ2) is 3.28. The Morgan fingerprint density at radius 3 is 2.00 bits per heavy atom. The minimum atomic E-state index is 1.07. The fourth-order valence-electron chi connectivity index (χ4n) is 0.711. The Bertz CT molecular complexity index is 206. The van der Waals surface area contributed by atoms with E-state index in [2.05, 4.69) is 6.58 Å². The third-order valence-corrected chi connectivity index (χ3v) is 1.58. The maximum atomic E-state index is 4.75. The third-order valence-electron chi connectivity index (χ3n) is 1.31. The average Bonchev–Trinajstić information content (AvgIpc) is 2.05. The van der Waals surface area contributed by atoms with E-state index in [0.717, 1.165) is 11.1 Å². The fraction of sp³-hybridized carbons (Fsp3) is 0. The molecule has 50 valence electrons. The molecule has 0 aliphatic carbocycles. The molecule has 0 nitrogen and oxygen atoms in total. The maximum absolute atomic E-state index is 4.75. The highest BCUT2D eigenvalue weighted by atomic mass is 32.1. The molecule has 0 saturated carbocycles. The van der Waals surface area contributed by atoms with E-state index in [0.29, 0.717) is 0 Å². The van der Waals surface area contributed by atoms with Crippen LogP contribution in [0.2, 0.25) is 0 Å². The van der Waals surface area contributed by atoms with E-state index in [1.807, 2.05) is 30.3 Å². The predicted molar refractivity (Wildman–Crippen MR) is 49.3 cm³/mol. The zero-order valence-corrected chi connectivity index (χ0v) is 6.40. The van der Waals surface area contributed by atoms with Crippen molar-refractivity contribution in [3.63, 3.8) is 0 Å². The van der Waals surface area contributed by atoms with Gasteiger partial charge >= 0.3 is 0 Å². The van der Waals surface area contributed by atoms with Gasteiger partial charge in [0.15, 0.2) is 0 Å². The van der Waals surface area contributed by atoms with Crippen molar-refractivity contribution in [2.24, 2.45) is 0 Å². The van der Waals surface area contributed by atoms with Crippen LogP contribution in [0, 0.1) is 0 Å². The largest absolute Gasteiger partial charge is 0.0985 e. The summed E-state index contributed by atoms with van der Waals surface area (Å²) in [5, 5.41) is 1.66. The van der Waals surface area contributed by atoms with Gasteiger partial charge < -0.3 is 0 Å². The molecule has 0 spiro atoms. The lowest BCUT2D eigenvalue weighted by atomic mass is 10.1. The first-order valence-corrected chi connectivity index (χ1v) is 3.51. The summed E-state index contributed by atoms with van der Waals surface area (Å²) in [6.07, 6.45) is 1.81. The molecule has 0 heterocycles. The Balaban J connectivity index is 3.00. The summed E-state index contributed by atoms with van der Waals surface area (Å²) in [6.45, 7) is 3.65. The number of benzene rings is 1. The molecule has 0 unspecified atom stereocenters. The molecule has 1 rings (SSSR count). The number of thiocarbonyl (C=S) groups is 1. The van der Waals surface area contributed by atoms with Crippen molar-refractivity contribution in [2.45, 2.75) is 0 Å². The van der Waals surface area contributed by atoms with E-state index < -0.39 is 0 Å². The van der Waals surface area contributed by atoms with Gasteiger partial charge in [0, 0.05) is 5.37 Å². The first-order chi connectivity index (χ1) is 4.86. The van der Waals surface area contributed by atoms with Crippen molar-refractivity contribution in [1.29, 1.82) is 0 Å². The highest BCUT2D eigenvalue weighted by Crippen LogP contribution is 2.02. The van der Waals surface area contributed by atoms with Crippen LogP contribution in [0.15, 0.2) is 30.8 Å². The van der Waals surface area contributed by atoms with Crippen LogP contribution >= 0.6 is 12.2 Å². The molecule has 0 amide bonds. The molecule has 1 aromatic carbocycles. The van der Waals surface area contributed by atoms with E-state index in [-0.39, 0.29) is 0 Å². The monoisotopic (exact) mass is 148 g/mol. The summed E-state index contributed by atoms with van der Waals surface area (Å²) in [4.78, 5) is 0. The lowest BCUT2D eigenvalue weighted by Crippen LogP contribution is -1.76.